The van der Waals surface area contributed by atoms with Gasteiger partial charge in [-0.25, -0.2) is 0 Å². The molecule has 5 nitrogen and oxygen atoms in total. The first-order valence-corrected chi connectivity index (χ1v) is 7.66. The molecule has 2 unspecified atom stereocenters. The smallest absolute Gasteiger partial charge is 0.265 e. The fraction of sp³-hybridized carbons (Fsp3) is 0.562. The Labute approximate surface area is 125 Å². The Morgan fingerprint density at radius 3 is 3.14 bits per heavy atom. The summed E-state index contributed by atoms with van der Waals surface area (Å²) in [7, 11) is 2.18. The van der Waals surface area contributed by atoms with Crippen molar-refractivity contribution in [2.75, 3.05) is 37.3 Å². The van der Waals surface area contributed by atoms with Crippen LogP contribution in [0, 0.1) is 5.92 Å². The highest BCUT2D eigenvalue weighted by Gasteiger charge is 2.23. The normalized spacial score (nSPS) is 25.7. The SMILES string of the molecule is CC1Oc2ccc(NCC3CCCN(C)C3)cc2NC1=O. The first kappa shape index (κ1) is 14.2. The van der Waals surface area contributed by atoms with Crippen molar-refractivity contribution >= 4 is 17.3 Å². The molecule has 1 fully saturated rings. The zero-order valence-electron chi connectivity index (χ0n) is 12.7. The van der Waals surface area contributed by atoms with Gasteiger partial charge in [-0.2, -0.15) is 0 Å². The number of benzene rings is 1. The molecule has 21 heavy (non-hydrogen) atoms. The van der Waals surface area contributed by atoms with Gasteiger partial charge >= 0.3 is 0 Å². The van der Waals surface area contributed by atoms with Crippen molar-refractivity contribution in [1.29, 1.82) is 0 Å². The third-order valence-corrected chi connectivity index (χ3v) is 4.23. The Hall–Kier alpha value is -1.75. The lowest BCUT2D eigenvalue weighted by Gasteiger charge is -2.30. The number of rotatable bonds is 3. The topological polar surface area (TPSA) is 53.6 Å². The number of amides is 1. The minimum absolute atomic E-state index is 0.0893. The second-order valence-corrected chi connectivity index (χ2v) is 6.11. The maximum atomic E-state index is 11.6. The zero-order chi connectivity index (χ0) is 14.8. The highest BCUT2D eigenvalue weighted by molar-refractivity contribution is 5.98. The molecule has 0 spiro atoms. The van der Waals surface area contributed by atoms with Crippen LogP contribution in [0.25, 0.3) is 0 Å². The summed E-state index contributed by atoms with van der Waals surface area (Å²) < 4.78 is 5.56. The van der Waals surface area contributed by atoms with E-state index in [1.807, 2.05) is 18.2 Å². The molecule has 2 N–H and O–H groups in total. The first-order valence-electron chi connectivity index (χ1n) is 7.66. The molecule has 3 rings (SSSR count). The number of hydrogen-bond donors (Lipinski definition) is 2. The number of carbonyl (C=O) groups is 1. The second kappa shape index (κ2) is 5.93. The number of ether oxygens (including phenoxy) is 1. The summed E-state index contributed by atoms with van der Waals surface area (Å²) in [6.45, 7) is 5.07. The monoisotopic (exact) mass is 289 g/mol. The van der Waals surface area contributed by atoms with Crippen LogP contribution in [-0.2, 0) is 4.79 Å². The van der Waals surface area contributed by atoms with Gasteiger partial charge in [0.1, 0.15) is 5.75 Å². The Bertz CT molecular complexity index is 532. The number of anilines is 2. The van der Waals surface area contributed by atoms with Gasteiger partial charge in [0.15, 0.2) is 6.10 Å². The van der Waals surface area contributed by atoms with Gasteiger partial charge in [0.05, 0.1) is 5.69 Å². The number of carbonyl (C=O) groups excluding carboxylic acids is 1. The average Bonchev–Trinajstić information content (AvgIpc) is 2.46. The summed E-state index contributed by atoms with van der Waals surface area (Å²) in [6, 6.07) is 5.88. The number of fused-ring (bicyclic) bond motifs is 1. The van der Waals surface area contributed by atoms with Gasteiger partial charge in [-0.3, -0.25) is 4.79 Å². The minimum atomic E-state index is -0.422. The van der Waals surface area contributed by atoms with Crippen molar-refractivity contribution in [2.24, 2.45) is 5.92 Å². The molecule has 2 atom stereocenters. The molecule has 2 aliphatic rings. The van der Waals surface area contributed by atoms with Crippen LogP contribution < -0.4 is 15.4 Å². The van der Waals surface area contributed by atoms with Crippen molar-refractivity contribution in [3.05, 3.63) is 18.2 Å². The maximum absolute atomic E-state index is 11.6. The third kappa shape index (κ3) is 3.29. The predicted molar refractivity (Wildman–Crippen MR) is 83.9 cm³/mol. The summed E-state index contributed by atoms with van der Waals surface area (Å²) in [5.41, 5.74) is 1.78. The van der Waals surface area contributed by atoms with E-state index in [1.54, 1.807) is 6.92 Å². The van der Waals surface area contributed by atoms with Crippen LogP contribution in [0.4, 0.5) is 11.4 Å². The molecule has 1 aromatic carbocycles. The Balaban J connectivity index is 1.62. The molecule has 0 aliphatic carbocycles. The van der Waals surface area contributed by atoms with E-state index in [-0.39, 0.29) is 5.91 Å². The van der Waals surface area contributed by atoms with Gasteiger partial charge in [0.2, 0.25) is 0 Å². The van der Waals surface area contributed by atoms with Crippen molar-refractivity contribution < 1.29 is 9.53 Å². The number of piperidine rings is 1. The van der Waals surface area contributed by atoms with Crippen molar-refractivity contribution in [1.82, 2.24) is 4.90 Å². The van der Waals surface area contributed by atoms with Gasteiger partial charge in [-0.1, -0.05) is 0 Å². The molecule has 0 radical (unpaired) electrons. The van der Waals surface area contributed by atoms with E-state index in [9.17, 15) is 4.79 Å². The minimum Gasteiger partial charge on any atom is -0.479 e. The summed E-state index contributed by atoms with van der Waals surface area (Å²) in [6.07, 6.45) is 2.13. The average molecular weight is 289 g/mol. The molecule has 1 amide bonds. The summed E-state index contributed by atoms with van der Waals surface area (Å²) in [4.78, 5) is 14.0. The third-order valence-electron chi connectivity index (χ3n) is 4.23. The standard InChI is InChI=1S/C16H23N3O2/c1-11-16(20)18-14-8-13(5-6-15(14)21-11)17-9-12-4-3-7-19(2)10-12/h5-6,8,11-12,17H,3-4,7,9-10H2,1-2H3,(H,18,20). The van der Waals surface area contributed by atoms with Crippen LogP contribution in [0.15, 0.2) is 18.2 Å². The van der Waals surface area contributed by atoms with Crippen LogP contribution in [0.3, 0.4) is 0 Å². The van der Waals surface area contributed by atoms with E-state index in [0.717, 1.165) is 30.2 Å². The highest BCUT2D eigenvalue weighted by Crippen LogP contribution is 2.32. The van der Waals surface area contributed by atoms with Gasteiger partial charge in [-0.05, 0) is 57.5 Å². The molecular formula is C16H23N3O2. The molecular weight excluding hydrogens is 266 g/mol. The Morgan fingerprint density at radius 2 is 2.33 bits per heavy atom. The molecule has 0 bridgehead atoms. The second-order valence-electron chi connectivity index (χ2n) is 6.11. The number of nitrogens with one attached hydrogen (secondary N) is 2. The molecule has 2 aliphatic heterocycles. The molecule has 0 saturated carbocycles. The van der Waals surface area contributed by atoms with Crippen LogP contribution in [0.5, 0.6) is 5.75 Å². The quantitative estimate of drug-likeness (QED) is 0.895. The zero-order valence-corrected chi connectivity index (χ0v) is 12.7. The van der Waals surface area contributed by atoms with E-state index in [0.29, 0.717) is 5.92 Å². The van der Waals surface area contributed by atoms with E-state index in [4.69, 9.17) is 4.74 Å². The van der Waals surface area contributed by atoms with E-state index in [2.05, 4.69) is 22.6 Å². The largest absolute Gasteiger partial charge is 0.479 e. The van der Waals surface area contributed by atoms with E-state index in [1.165, 1.54) is 19.4 Å². The molecule has 114 valence electrons. The first-order chi connectivity index (χ1) is 10.1. The Kier molecular flexibility index (Phi) is 4.01. The molecule has 1 saturated heterocycles. The van der Waals surface area contributed by atoms with Crippen LogP contribution in [0.2, 0.25) is 0 Å². The van der Waals surface area contributed by atoms with E-state index < -0.39 is 6.10 Å². The Morgan fingerprint density at radius 1 is 1.48 bits per heavy atom. The molecule has 5 heteroatoms. The molecule has 2 heterocycles. The lowest BCUT2D eigenvalue weighted by molar-refractivity contribution is -0.122. The summed E-state index contributed by atoms with van der Waals surface area (Å²) >= 11 is 0. The van der Waals surface area contributed by atoms with Crippen molar-refractivity contribution in [3.8, 4) is 5.75 Å². The van der Waals surface area contributed by atoms with Gasteiger partial charge in [-0.15, -0.1) is 0 Å². The van der Waals surface area contributed by atoms with Gasteiger partial charge < -0.3 is 20.3 Å². The summed E-state index contributed by atoms with van der Waals surface area (Å²) in [5.74, 6) is 1.34. The maximum Gasteiger partial charge on any atom is 0.265 e. The lowest BCUT2D eigenvalue weighted by Crippen LogP contribution is -2.35. The van der Waals surface area contributed by atoms with Crippen molar-refractivity contribution in [3.63, 3.8) is 0 Å². The van der Waals surface area contributed by atoms with Crippen LogP contribution in [-0.4, -0.2) is 43.6 Å². The number of hydrogen-bond acceptors (Lipinski definition) is 4. The van der Waals surface area contributed by atoms with Crippen LogP contribution >= 0.6 is 0 Å². The van der Waals surface area contributed by atoms with Gasteiger partial charge in [0, 0.05) is 18.8 Å². The fourth-order valence-electron chi connectivity index (χ4n) is 3.02. The number of nitrogens with zero attached hydrogens (tertiary/aromatic N) is 1. The fourth-order valence-corrected chi connectivity index (χ4v) is 3.02. The van der Waals surface area contributed by atoms with E-state index >= 15 is 0 Å². The lowest BCUT2D eigenvalue weighted by atomic mass is 9.98. The molecule has 1 aromatic rings. The van der Waals surface area contributed by atoms with Gasteiger partial charge in [0.25, 0.3) is 5.91 Å². The highest BCUT2D eigenvalue weighted by atomic mass is 16.5. The predicted octanol–water partition coefficient (Wildman–Crippen LogP) is 2.16. The van der Waals surface area contributed by atoms with Crippen molar-refractivity contribution in [2.45, 2.75) is 25.9 Å². The summed E-state index contributed by atoms with van der Waals surface area (Å²) in [5, 5.41) is 6.36. The molecule has 0 aromatic heterocycles. The number of likely N-dealkylation sites (tertiary alicyclic amines) is 1. The van der Waals surface area contributed by atoms with Crippen LogP contribution in [0.1, 0.15) is 19.8 Å².